The monoisotopic (exact) mass is 471 g/mol. The van der Waals surface area contributed by atoms with Gasteiger partial charge in [0.25, 0.3) is 17.7 Å². The summed E-state index contributed by atoms with van der Waals surface area (Å²) >= 11 is 0. The molecule has 178 valence electrons. The molecule has 3 amide bonds. The van der Waals surface area contributed by atoms with Gasteiger partial charge in [0.05, 0.1) is 16.8 Å². The van der Waals surface area contributed by atoms with Crippen LogP contribution in [0.25, 0.3) is 0 Å². The standard InChI is InChI=1S/C27H25N3O5/c31-25(29-35-24-7-3-4-16-34-24)19-10-8-18(9-11-19)17-28-20-12-14-21(15-13-20)30-26(32)22-5-1-2-6-23(22)27(30)33/h1-2,5-6,8-15,24,28H,3-4,7,16-17H2,(H,29,31). The van der Waals surface area contributed by atoms with Gasteiger partial charge in [-0.25, -0.2) is 15.2 Å². The molecule has 0 spiro atoms. The van der Waals surface area contributed by atoms with Crippen LogP contribution in [-0.2, 0) is 16.1 Å². The van der Waals surface area contributed by atoms with E-state index < -0.39 is 0 Å². The molecule has 8 nitrogen and oxygen atoms in total. The van der Waals surface area contributed by atoms with Gasteiger partial charge in [-0.15, -0.1) is 0 Å². The number of rotatable bonds is 7. The smallest absolute Gasteiger partial charge is 0.274 e. The minimum atomic E-state index is -0.389. The fraction of sp³-hybridized carbons (Fsp3) is 0.222. The van der Waals surface area contributed by atoms with Gasteiger partial charge in [0.1, 0.15) is 0 Å². The summed E-state index contributed by atoms with van der Waals surface area (Å²) in [6.07, 6.45) is 2.41. The van der Waals surface area contributed by atoms with Crippen molar-refractivity contribution in [3.05, 3.63) is 95.1 Å². The van der Waals surface area contributed by atoms with E-state index in [1.165, 1.54) is 4.90 Å². The van der Waals surface area contributed by atoms with Crippen LogP contribution in [-0.4, -0.2) is 30.6 Å². The predicted octanol–water partition coefficient (Wildman–Crippen LogP) is 4.29. The van der Waals surface area contributed by atoms with Crippen molar-refractivity contribution in [1.82, 2.24) is 5.48 Å². The number of carbonyl (C=O) groups excluding carboxylic acids is 3. The number of hydrogen-bond donors (Lipinski definition) is 2. The third-order valence-corrected chi connectivity index (χ3v) is 6.05. The summed E-state index contributed by atoms with van der Waals surface area (Å²) in [5.41, 5.74) is 6.15. The number of carbonyl (C=O) groups is 3. The summed E-state index contributed by atoms with van der Waals surface area (Å²) < 4.78 is 5.44. The lowest BCUT2D eigenvalue weighted by atomic mass is 10.1. The van der Waals surface area contributed by atoms with Gasteiger partial charge in [0.2, 0.25) is 0 Å². The van der Waals surface area contributed by atoms with Crippen LogP contribution in [0.4, 0.5) is 11.4 Å². The number of anilines is 2. The summed E-state index contributed by atoms with van der Waals surface area (Å²) in [7, 11) is 0. The summed E-state index contributed by atoms with van der Waals surface area (Å²) in [5, 5.41) is 3.31. The first-order valence-electron chi connectivity index (χ1n) is 11.6. The fourth-order valence-electron chi connectivity index (χ4n) is 4.11. The van der Waals surface area contributed by atoms with Gasteiger partial charge in [-0.2, -0.15) is 0 Å². The molecule has 0 bridgehead atoms. The van der Waals surface area contributed by atoms with E-state index in [0.29, 0.717) is 35.5 Å². The van der Waals surface area contributed by atoms with E-state index in [2.05, 4.69) is 10.8 Å². The molecule has 5 rings (SSSR count). The molecule has 0 aromatic heterocycles. The number of imide groups is 1. The fourth-order valence-corrected chi connectivity index (χ4v) is 4.11. The van der Waals surface area contributed by atoms with E-state index in [1.807, 2.05) is 24.3 Å². The number of amides is 3. The molecule has 0 aliphatic carbocycles. The maximum atomic E-state index is 12.6. The minimum absolute atomic E-state index is 0.313. The summed E-state index contributed by atoms with van der Waals surface area (Å²) in [4.78, 5) is 44.1. The first-order chi connectivity index (χ1) is 17.1. The van der Waals surface area contributed by atoms with Crippen molar-refractivity contribution in [2.75, 3.05) is 16.8 Å². The average molecular weight is 472 g/mol. The molecule has 2 heterocycles. The molecule has 1 unspecified atom stereocenters. The highest BCUT2D eigenvalue weighted by Crippen LogP contribution is 2.29. The van der Waals surface area contributed by atoms with E-state index >= 15 is 0 Å². The maximum absolute atomic E-state index is 12.6. The van der Waals surface area contributed by atoms with Crippen LogP contribution < -0.4 is 15.7 Å². The Kier molecular flexibility index (Phi) is 6.56. The second kappa shape index (κ2) is 10.1. The third kappa shape index (κ3) is 4.94. The summed E-state index contributed by atoms with van der Waals surface area (Å²) in [5.74, 6) is -0.943. The molecule has 1 saturated heterocycles. The van der Waals surface area contributed by atoms with Crippen LogP contribution in [0, 0.1) is 0 Å². The SMILES string of the molecule is O=C(NOC1CCCCO1)c1ccc(CNc2ccc(N3C(=O)c4ccccc4C3=O)cc2)cc1. The maximum Gasteiger partial charge on any atom is 0.274 e. The highest BCUT2D eigenvalue weighted by Gasteiger charge is 2.36. The predicted molar refractivity (Wildman–Crippen MR) is 130 cm³/mol. The zero-order chi connectivity index (χ0) is 24.2. The number of fused-ring (bicyclic) bond motifs is 1. The Balaban J connectivity index is 1.14. The Bertz CT molecular complexity index is 1200. The Morgan fingerprint density at radius 1 is 0.914 bits per heavy atom. The zero-order valence-corrected chi connectivity index (χ0v) is 19.0. The largest absolute Gasteiger partial charge is 0.381 e. The van der Waals surface area contributed by atoms with Gasteiger partial charge in [-0.05, 0) is 66.9 Å². The van der Waals surface area contributed by atoms with Gasteiger partial charge in [-0.3, -0.25) is 14.4 Å². The van der Waals surface area contributed by atoms with E-state index in [0.717, 1.165) is 30.5 Å². The summed E-state index contributed by atoms with van der Waals surface area (Å²) in [6, 6.07) is 21.2. The minimum Gasteiger partial charge on any atom is -0.381 e. The Morgan fingerprint density at radius 2 is 1.60 bits per heavy atom. The molecule has 35 heavy (non-hydrogen) atoms. The van der Waals surface area contributed by atoms with Gasteiger partial charge >= 0.3 is 0 Å². The second-order valence-corrected chi connectivity index (χ2v) is 8.43. The molecule has 2 aliphatic heterocycles. The van der Waals surface area contributed by atoms with Gasteiger partial charge < -0.3 is 10.1 Å². The molecule has 1 atom stereocenters. The Morgan fingerprint density at radius 3 is 2.23 bits per heavy atom. The Labute approximate surface area is 202 Å². The quantitative estimate of drug-likeness (QED) is 0.394. The molecule has 8 heteroatoms. The van der Waals surface area contributed by atoms with Crippen LogP contribution in [0.2, 0.25) is 0 Å². The molecular formula is C27H25N3O5. The first-order valence-corrected chi connectivity index (χ1v) is 11.6. The third-order valence-electron chi connectivity index (χ3n) is 6.05. The molecule has 0 radical (unpaired) electrons. The molecule has 3 aromatic rings. The van der Waals surface area contributed by atoms with Gasteiger partial charge in [0, 0.05) is 30.8 Å². The summed E-state index contributed by atoms with van der Waals surface area (Å²) in [6.45, 7) is 1.19. The molecule has 1 fully saturated rings. The number of ether oxygens (including phenoxy) is 1. The van der Waals surface area contributed by atoms with Crippen LogP contribution in [0.3, 0.4) is 0 Å². The van der Waals surface area contributed by atoms with Crippen molar-refractivity contribution < 1.29 is 24.0 Å². The van der Waals surface area contributed by atoms with Gasteiger partial charge in [-0.1, -0.05) is 24.3 Å². The lowest BCUT2D eigenvalue weighted by Gasteiger charge is -2.22. The van der Waals surface area contributed by atoms with E-state index in [4.69, 9.17) is 9.57 Å². The van der Waals surface area contributed by atoms with E-state index in [-0.39, 0.29) is 24.0 Å². The van der Waals surface area contributed by atoms with Crippen molar-refractivity contribution in [3.8, 4) is 0 Å². The number of hydrogen-bond acceptors (Lipinski definition) is 6. The number of hydroxylamine groups is 1. The van der Waals surface area contributed by atoms with Gasteiger partial charge in [0.15, 0.2) is 6.29 Å². The lowest BCUT2D eigenvalue weighted by molar-refractivity contribution is -0.186. The number of nitrogens with one attached hydrogen (secondary N) is 2. The molecule has 0 saturated carbocycles. The molecule has 3 aromatic carbocycles. The Hall–Kier alpha value is -4.01. The zero-order valence-electron chi connectivity index (χ0n) is 19.0. The molecular weight excluding hydrogens is 446 g/mol. The molecule has 2 N–H and O–H groups in total. The van der Waals surface area contributed by atoms with Crippen LogP contribution in [0.15, 0.2) is 72.8 Å². The second-order valence-electron chi connectivity index (χ2n) is 8.43. The topological polar surface area (TPSA) is 97.0 Å². The lowest BCUT2D eigenvalue weighted by Crippen LogP contribution is -2.33. The van der Waals surface area contributed by atoms with Crippen LogP contribution in [0.1, 0.15) is 55.9 Å². The highest BCUT2D eigenvalue weighted by atomic mass is 16.8. The highest BCUT2D eigenvalue weighted by molar-refractivity contribution is 6.34. The van der Waals surface area contributed by atoms with Crippen LogP contribution >= 0.6 is 0 Å². The van der Waals surface area contributed by atoms with Crippen molar-refractivity contribution in [3.63, 3.8) is 0 Å². The van der Waals surface area contributed by atoms with Crippen molar-refractivity contribution in [1.29, 1.82) is 0 Å². The van der Waals surface area contributed by atoms with E-state index in [1.54, 1.807) is 48.5 Å². The molecule has 2 aliphatic rings. The number of nitrogens with zero attached hydrogens (tertiary/aromatic N) is 1. The normalized spacial score (nSPS) is 17.3. The first kappa shape index (κ1) is 22.8. The van der Waals surface area contributed by atoms with E-state index in [9.17, 15) is 14.4 Å². The number of benzene rings is 3. The van der Waals surface area contributed by atoms with Crippen molar-refractivity contribution >= 4 is 29.1 Å². The average Bonchev–Trinajstić information content (AvgIpc) is 3.17. The van der Waals surface area contributed by atoms with Crippen molar-refractivity contribution in [2.24, 2.45) is 0 Å². The van der Waals surface area contributed by atoms with Crippen LogP contribution in [0.5, 0.6) is 0 Å². The van der Waals surface area contributed by atoms with Crippen molar-refractivity contribution in [2.45, 2.75) is 32.1 Å².